The van der Waals surface area contributed by atoms with Gasteiger partial charge in [0.15, 0.2) is 0 Å². The summed E-state index contributed by atoms with van der Waals surface area (Å²) in [6.07, 6.45) is 0. The fourth-order valence-electron chi connectivity index (χ4n) is 3.08. The maximum absolute atomic E-state index is 3.42. The predicted octanol–water partition coefficient (Wildman–Crippen LogP) is 3.16. The Bertz CT molecular complexity index is 585. The minimum Gasteiger partial charge on any atom is -0.314 e. The van der Waals surface area contributed by atoms with Crippen LogP contribution in [-0.4, -0.2) is 37.6 Å². The van der Waals surface area contributed by atoms with Gasteiger partial charge in [-0.2, -0.15) is 0 Å². The molecule has 0 bridgehead atoms. The van der Waals surface area contributed by atoms with E-state index in [0.29, 0.717) is 5.92 Å². The lowest BCUT2D eigenvalue weighted by Gasteiger charge is -2.29. The molecule has 2 heteroatoms. The standard InChI is InChI=1S/C18H24N2/c1-14-3-4-18-12-16(5-6-17(18)11-14)15(2)13-20-9-7-19-8-10-20/h3-6,11-12,15,19H,7-10,13H2,1-2H3. The molecule has 1 fully saturated rings. The highest BCUT2D eigenvalue weighted by Crippen LogP contribution is 2.23. The molecule has 0 aromatic heterocycles. The smallest absolute Gasteiger partial charge is 0.0108 e. The molecule has 1 atom stereocenters. The van der Waals surface area contributed by atoms with Gasteiger partial charge in [0.1, 0.15) is 0 Å². The molecule has 1 aliphatic rings. The molecule has 1 heterocycles. The molecule has 2 nitrogen and oxygen atoms in total. The molecule has 20 heavy (non-hydrogen) atoms. The average molecular weight is 268 g/mol. The van der Waals surface area contributed by atoms with E-state index in [2.05, 4.69) is 60.5 Å². The molecule has 1 unspecified atom stereocenters. The molecule has 0 amide bonds. The molecule has 0 aliphatic carbocycles. The first-order chi connectivity index (χ1) is 9.72. The van der Waals surface area contributed by atoms with Crippen LogP contribution < -0.4 is 5.32 Å². The zero-order valence-electron chi connectivity index (χ0n) is 12.5. The number of nitrogens with one attached hydrogen (secondary N) is 1. The monoisotopic (exact) mass is 268 g/mol. The highest BCUT2D eigenvalue weighted by Gasteiger charge is 2.14. The number of fused-ring (bicyclic) bond motifs is 1. The van der Waals surface area contributed by atoms with Gasteiger partial charge in [-0.1, -0.05) is 48.9 Å². The molecule has 2 aromatic carbocycles. The summed E-state index contributed by atoms with van der Waals surface area (Å²) in [7, 11) is 0. The number of hydrogen-bond donors (Lipinski definition) is 1. The Morgan fingerprint density at radius 3 is 2.55 bits per heavy atom. The average Bonchev–Trinajstić information content (AvgIpc) is 2.47. The van der Waals surface area contributed by atoms with Crippen molar-refractivity contribution in [2.75, 3.05) is 32.7 Å². The van der Waals surface area contributed by atoms with Gasteiger partial charge in [0, 0.05) is 32.7 Å². The number of nitrogens with zero attached hydrogens (tertiary/aromatic N) is 1. The number of aryl methyl sites for hydroxylation is 1. The van der Waals surface area contributed by atoms with Crippen molar-refractivity contribution in [2.24, 2.45) is 0 Å². The van der Waals surface area contributed by atoms with Crippen LogP contribution in [0.15, 0.2) is 36.4 Å². The third kappa shape index (κ3) is 3.02. The fourth-order valence-corrected chi connectivity index (χ4v) is 3.08. The van der Waals surface area contributed by atoms with E-state index in [0.717, 1.165) is 13.1 Å². The van der Waals surface area contributed by atoms with Crippen LogP contribution in [0.5, 0.6) is 0 Å². The van der Waals surface area contributed by atoms with Crippen molar-refractivity contribution >= 4 is 10.8 Å². The summed E-state index contributed by atoms with van der Waals surface area (Å²) in [4.78, 5) is 2.57. The van der Waals surface area contributed by atoms with E-state index in [1.54, 1.807) is 0 Å². The topological polar surface area (TPSA) is 15.3 Å². The molecular weight excluding hydrogens is 244 g/mol. The molecule has 1 saturated heterocycles. The first-order valence-electron chi connectivity index (χ1n) is 7.66. The van der Waals surface area contributed by atoms with Gasteiger partial charge in [-0.15, -0.1) is 0 Å². The highest BCUT2D eigenvalue weighted by molar-refractivity contribution is 5.83. The third-order valence-electron chi connectivity index (χ3n) is 4.33. The van der Waals surface area contributed by atoms with Crippen LogP contribution in [0.3, 0.4) is 0 Å². The molecule has 106 valence electrons. The molecule has 1 N–H and O–H groups in total. The normalized spacial score (nSPS) is 18.3. The Labute approximate surface area is 121 Å². The maximum atomic E-state index is 3.42. The van der Waals surface area contributed by atoms with Gasteiger partial charge in [0.25, 0.3) is 0 Å². The lowest BCUT2D eigenvalue weighted by atomic mass is 9.96. The molecule has 0 spiro atoms. The van der Waals surface area contributed by atoms with Crippen LogP contribution in [0.4, 0.5) is 0 Å². The Hall–Kier alpha value is -1.38. The summed E-state index contributed by atoms with van der Waals surface area (Å²) in [6.45, 7) is 10.3. The predicted molar refractivity (Wildman–Crippen MR) is 86.4 cm³/mol. The van der Waals surface area contributed by atoms with Crippen molar-refractivity contribution in [3.63, 3.8) is 0 Å². The van der Waals surface area contributed by atoms with Crippen molar-refractivity contribution in [1.82, 2.24) is 10.2 Å². The Balaban J connectivity index is 1.76. The Kier molecular flexibility index (Phi) is 4.04. The zero-order valence-corrected chi connectivity index (χ0v) is 12.5. The summed E-state index contributed by atoms with van der Waals surface area (Å²) >= 11 is 0. The van der Waals surface area contributed by atoms with E-state index in [1.165, 1.54) is 41.5 Å². The largest absolute Gasteiger partial charge is 0.314 e. The van der Waals surface area contributed by atoms with Crippen molar-refractivity contribution in [1.29, 1.82) is 0 Å². The summed E-state index contributed by atoms with van der Waals surface area (Å²) in [5.41, 5.74) is 2.79. The molecule has 0 radical (unpaired) electrons. The molecular formula is C18H24N2. The maximum Gasteiger partial charge on any atom is 0.0108 e. The molecule has 1 aliphatic heterocycles. The van der Waals surface area contributed by atoms with E-state index >= 15 is 0 Å². The molecule has 3 rings (SSSR count). The Morgan fingerprint density at radius 2 is 1.75 bits per heavy atom. The number of benzene rings is 2. The number of rotatable bonds is 3. The second kappa shape index (κ2) is 5.94. The van der Waals surface area contributed by atoms with E-state index < -0.39 is 0 Å². The summed E-state index contributed by atoms with van der Waals surface area (Å²) in [5, 5.41) is 6.13. The third-order valence-corrected chi connectivity index (χ3v) is 4.33. The van der Waals surface area contributed by atoms with Crippen LogP contribution in [0.1, 0.15) is 24.0 Å². The fraction of sp³-hybridized carbons (Fsp3) is 0.444. The van der Waals surface area contributed by atoms with Gasteiger partial charge >= 0.3 is 0 Å². The van der Waals surface area contributed by atoms with Crippen LogP contribution in [0.25, 0.3) is 10.8 Å². The molecule has 2 aromatic rings. The lowest BCUT2D eigenvalue weighted by Crippen LogP contribution is -2.44. The summed E-state index contributed by atoms with van der Waals surface area (Å²) < 4.78 is 0. The van der Waals surface area contributed by atoms with Crippen LogP contribution >= 0.6 is 0 Å². The van der Waals surface area contributed by atoms with Gasteiger partial charge < -0.3 is 10.2 Å². The summed E-state index contributed by atoms with van der Waals surface area (Å²) in [5.74, 6) is 0.596. The zero-order chi connectivity index (χ0) is 13.9. The number of hydrogen-bond acceptors (Lipinski definition) is 2. The van der Waals surface area contributed by atoms with Crippen molar-refractivity contribution in [3.8, 4) is 0 Å². The summed E-state index contributed by atoms with van der Waals surface area (Å²) in [6, 6.07) is 13.6. The second-order valence-corrected chi connectivity index (χ2v) is 6.06. The van der Waals surface area contributed by atoms with E-state index in [9.17, 15) is 0 Å². The van der Waals surface area contributed by atoms with E-state index in [4.69, 9.17) is 0 Å². The SMILES string of the molecule is Cc1ccc2cc(C(C)CN3CCNCC3)ccc2c1. The van der Waals surface area contributed by atoms with Gasteiger partial charge in [-0.05, 0) is 29.2 Å². The minimum absolute atomic E-state index is 0.596. The van der Waals surface area contributed by atoms with Crippen LogP contribution in [0, 0.1) is 6.92 Å². The molecule has 0 saturated carbocycles. The minimum atomic E-state index is 0.596. The van der Waals surface area contributed by atoms with Crippen LogP contribution in [0.2, 0.25) is 0 Å². The van der Waals surface area contributed by atoms with Crippen LogP contribution in [-0.2, 0) is 0 Å². The van der Waals surface area contributed by atoms with Gasteiger partial charge in [0.2, 0.25) is 0 Å². The van der Waals surface area contributed by atoms with Crippen molar-refractivity contribution < 1.29 is 0 Å². The van der Waals surface area contributed by atoms with Gasteiger partial charge in [-0.25, -0.2) is 0 Å². The lowest BCUT2D eigenvalue weighted by molar-refractivity contribution is 0.230. The van der Waals surface area contributed by atoms with E-state index in [1.807, 2.05) is 0 Å². The number of piperazine rings is 1. The first-order valence-corrected chi connectivity index (χ1v) is 7.66. The van der Waals surface area contributed by atoms with Crippen molar-refractivity contribution in [2.45, 2.75) is 19.8 Å². The van der Waals surface area contributed by atoms with Gasteiger partial charge in [-0.3, -0.25) is 0 Å². The second-order valence-electron chi connectivity index (χ2n) is 6.06. The van der Waals surface area contributed by atoms with Crippen molar-refractivity contribution in [3.05, 3.63) is 47.5 Å². The highest BCUT2D eigenvalue weighted by atomic mass is 15.2. The first kappa shape index (κ1) is 13.6. The van der Waals surface area contributed by atoms with E-state index in [-0.39, 0.29) is 0 Å². The van der Waals surface area contributed by atoms with Gasteiger partial charge in [0.05, 0.1) is 0 Å². The quantitative estimate of drug-likeness (QED) is 0.920. The Morgan fingerprint density at radius 1 is 1.05 bits per heavy atom.